The molecule has 35 heavy (non-hydrogen) atoms. The quantitative estimate of drug-likeness (QED) is 0.554. The minimum atomic E-state index is -0.835. The fraction of sp³-hybridized carbons (Fsp3) is 0.458. The Balaban J connectivity index is 1.30. The van der Waals surface area contributed by atoms with Gasteiger partial charge in [0.05, 0.1) is 19.6 Å². The molecule has 0 bridgehead atoms. The molecule has 0 spiro atoms. The highest BCUT2D eigenvalue weighted by Crippen LogP contribution is 2.17. The third kappa shape index (κ3) is 6.44. The summed E-state index contributed by atoms with van der Waals surface area (Å²) in [5.41, 5.74) is 0.604. The summed E-state index contributed by atoms with van der Waals surface area (Å²) < 4.78 is 5.41. The van der Waals surface area contributed by atoms with Crippen LogP contribution in [0, 0.1) is 0 Å². The fourth-order valence-corrected chi connectivity index (χ4v) is 4.25. The van der Waals surface area contributed by atoms with Crippen molar-refractivity contribution >= 4 is 29.4 Å². The molecule has 3 heterocycles. The second-order valence-electron chi connectivity index (χ2n) is 8.42. The first-order chi connectivity index (χ1) is 17.0. The van der Waals surface area contributed by atoms with E-state index in [0.29, 0.717) is 63.3 Å². The van der Waals surface area contributed by atoms with Gasteiger partial charge >= 0.3 is 0 Å². The maximum Gasteiger partial charge on any atom is 0.243 e. The van der Waals surface area contributed by atoms with Crippen molar-refractivity contribution in [2.45, 2.75) is 19.4 Å². The van der Waals surface area contributed by atoms with Crippen molar-refractivity contribution in [3.63, 3.8) is 0 Å². The molecule has 11 nitrogen and oxygen atoms in total. The number of carbonyl (C=O) groups excluding carboxylic acids is 3. The number of aromatic nitrogens is 2. The van der Waals surface area contributed by atoms with Crippen molar-refractivity contribution in [1.82, 2.24) is 25.1 Å². The Kier molecular flexibility index (Phi) is 8.09. The highest BCUT2D eigenvalue weighted by molar-refractivity contribution is 5.97. The first-order valence-electron chi connectivity index (χ1n) is 11.9. The van der Waals surface area contributed by atoms with E-state index in [4.69, 9.17) is 4.74 Å². The summed E-state index contributed by atoms with van der Waals surface area (Å²) in [6.07, 6.45) is 3.32. The first-order valence-corrected chi connectivity index (χ1v) is 11.9. The molecule has 2 aliphatic rings. The van der Waals surface area contributed by atoms with Gasteiger partial charge in [-0.3, -0.25) is 19.3 Å². The van der Waals surface area contributed by atoms with E-state index in [1.165, 1.54) is 4.90 Å². The van der Waals surface area contributed by atoms with Gasteiger partial charge in [-0.15, -0.1) is 0 Å². The van der Waals surface area contributed by atoms with Gasteiger partial charge in [0, 0.05) is 57.3 Å². The normalized spacial score (nSPS) is 18.7. The zero-order valence-corrected chi connectivity index (χ0v) is 19.9. The molecule has 2 aromatic rings. The average Bonchev–Trinajstić information content (AvgIpc) is 2.87. The lowest BCUT2D eigenvalue weighted by Crippen LogP contribution is -2.60. The van der Waals surface area contributed by atoms with Crippen LogP contribution in [0.25, 0.3) is 0 Å². The number of anilines is 2. The zero-order chi connectivity index (χ0) is 24.6. The van der Waals surface area contributed by atoms with Crippen LogP contribution < -0.4 is 20.3 Å². The van der Waals surface area contributed by atoms with E-state index in [1.54, 1.807) is 42.7 Å². The number of benzene rings is 1. The Hall–Kier alpha value is -3.73. The fourth-order valence-electron chi connectivity index (χ4n) is 4.25. The summed E-state index contributed by atoms with van der Waals surface area (Å²) in [6, 6.07) is 7.97. The Morgan fingerprint density at radius 3 is 2.49 bits per heavy atom. The Morgan fingerprint density at radius 1 is 1.09 bits per heavy atom. The van der Waals surface area contributed by atoms with Crippen LogP contribution in [0.15, 0.2) is 42.7 Å². The smallest absolute Gasteiger partial charge is 0.243 e. The highest BCUT2D eigenvalue weighted by Gasteiger charge is 2.35. The number of hydrogen-bond acceptors (Lipinski definition) is 8. The van der Waals surface area contributed by atoms with Crippen molar-refractivity contribution in [2.24, 2.45) is 0 Å². The van der Waals surface area contributed by atoms with Gasteiger partial charge in [-0.1, -0.05) is 0 Å². The summed E-state index contributed by atoms with van der Waals surface area (Å²) in [7, 11) is 0. The van der Waals surface area contributed by atoms with Gasteiger partial charge in [0.1, 0.15) is 11.8 Å². The Morgan fingerprint density at radius 2 is 1.80 bits per heavy atom. The van der Waals surface area contributed by atoms with Crippen molar-refractivity contribution in [3.05, 3.63) is 42.7 Å². The monoisotopic (exact) mass is 481 g/mol. The number of nitrogens with one attached hydrogen (secondary N) is 2. The molecular weight excluding hydrogens is 450 g/mol. The van der Waals surface area contributed by atoms with Crippen LogP contribution in [-0.2, 0) is 14.4 Å². The first kappa shape index (κ1) is 24.4. The molecule has 1 aromatic heterocycles. The molecule has 2 fully saturated rings. The van der Waals surface area contributed by atoms with Gasteiger partial charge in [0.2, 0.25) is 23.7 Å². The molecule has 1 aromatic carbocycles. The number of ether oxygens (including phenoxy) is 1. The molecule has 4 rings (SSSR count). The number of carbonyl (C=O) groups is 3. The van der Waals surface area contributed by atoms with Crippen LogP contribution in [0.2, 0.25) is 0 Å². The van der Waals surface area contributed by atoms with E-state index in [1.807, 2.05) is 6.92 Å². The average molecular weight is 482 g/mol. The third-order valence-electron chi connectivity index (χ3n) is 6.05. The van der Waals surface area contributed by atoms with Crippen molar-refractivity contribution in [2.75, 3.05) is 62.6 Å². The molecule has 2 aliphatic heterocycles. The molecule has 1 atom stereocenters. The van der Waals surface area contributed by atoms with Gasteiger partial charge in [-0.25, -0.2) is 9.97 Å². The van der Waals surface area contributed by atoms with Crippen molar-refractivity contribution in [1.29, 1.82) is 0 Å². The highest BCUT2D eigenvalue weighted by atomic mass is 16.5. The van der Waals surface area contributed by atoms with Crippen LogP contribution in [0.3, 0.4) is 0 Å². The summed E-state index contributed by atoms with van der Waals surface area (Å²) in [6.45, 7) is 6.22. The topological polar surface area (TPSA) is 120 Å². The van der Waals surface area contributed by atoms with Gasteiger partial charge in [-0.2, -0.15) is 0 Å². The number of amides is 3. The molecular formula is C24H31N7O4. The molecule has 3 amide bonds. The largest absolute Gasteiger partial charge is 0.494 e. The minimum absolute atomic E-state index is 0.107. The van der Waals surface area contributed by atoms with E-state index in [-0.39, 0.29) is 30.7 Å². The molecule has 186 valence electrons. The molecule has 2 saturated heterocycles. The number of rotatable bonds is 8. The molecule has 2 N–H and O–H groups in total. The van der Waals surface area contributed by atoms with Gasteiger partial charge < -0.3 is 25.2 Å². The van der Waals surface area contributed by atoms with Gasteiger partial charge in [0.25, 0.3) is 0 Å². The van der Waals surface area contributed by atoms with Crippen LogP contribution in [0.5, 0.6) is 5.75 Å². The second kappa shape index (κ2) is 11.6. The molecule has 0 unspecified atom stereocenters. The number of piperazine rings is 2. The summed E-state index contributed by atoms with van der Waals surface area (Å²) >= 11 is 0. The lowest BCUT2D eigenvalue weighted by atomic mass is 10.1. The molecule has 11 heteroatoms. The van der Waals surface area contributed by atoms with Crippen LogP contribution in [-0.4, -0.2) is 96.0 Å². The molecule has 0 radical (unpaired) electrons. The van der Waals surface area contributed by atoms with E-state index in [2.05, 4.69) is 30.4 Å². The van der Waals surface area contributed by atoms with E-state index in [9.17, 15) is 14.4 Å². The van der Waals surface area contributed by atoms with Crippen LogP contribution in [0.1, 0.15) is 13.3 Å². The van der Waals surface area contributed by atoms with Crippen molar-refractivity contribution in [3.8, 4) is 5.75 Å². The summed E-state index contributed by atoms with van der Waals surface area (Å²) in [5.74, 6) is 0.613. The Bertz CT molecular complexity index is 1010. The molecule has 0 saturated carbocycles. The maximum atomic E-state index is 13.1. The Labute approximate surface area is 204 Å². The second-order valence-corrected chi connectivity index (χ2v) is 8.42. The van der Waals surface area contributed by atoms with E-state index < -0.39 is 6.04 Å². The van der Waals surface area contributed by atoms with Crippen LogP contribution >= 0.6 is 0 Å². The van der Waals surface area contributed by atoms with Gasteiger partial charge in [0.15, 0.2) is 0 Å². The molecule has 0 aliphatic carbocycles. The minimum Gasteiger partial charge on any atom is -0.494 e. The summed E-state index contributed by atoms with van der Waals surface area (Å²) in [5, 5.41) is 5.57. The zero-order valence-electron chi connectivity index (χ0n) is 19.9. The number of hydrogen-bond donors (Lipinski definition) is 2. The van der Waals surface area contributed by atoms with Gasteiger partial charge in [-0.05, 0) is 37.3 Å². The predicted molar refractivity (Wildman–Crippen MR) is 130 cm³/mol. The van der Waals surface area contributed by atoms with E-state index in [0.717, 1.165) is 0 Å². The lowest BCUT2D eigenvalue weighted by molar-refractivity contribution is -0.145. The standard InChI is InChI=1S/C24H31N7O4/c1-2-35-19-6-4-18(5-7-19)28-21(32)16-20-23(34)25-10-11-31(20)22(33)17-29-12-14-30(15-13-29)24-26-8-3-9-27-24/h3-9,20H,2,10-17H2,1H3,(H,25,34)(H,28,32)/t20-/m0/s1. The predicted octanol–water partition coefficient (Wildman–Crippen LogP) is 0.353. The lowest BCUT2D eigenvalue weighted by Gasteiger charge is -2.38. The maximum absolute atomic E-state index is 13.1. The van der Waals surface area contributed by atoms with Crippen LogP contribution in [0.4, 0.5) is 11.6 Å². The van der Waals surface area contributed by atoms with Crippen molar-refractivity contribution < 1.29 is 19.1 Å². The number of nitrogens with zero attached hydrogens (tertiary/aromatic N) is 5. The SMILES string of the molecule is CCOc1ccc(NC(=O)C[C@H]2C(=O)NCCN2C(=O)CN2CCN(c3ncccn3)CC2)cc1. The van der Waals surface area contributed by atoms with E-state index >= 15 is 0 Å². The summed E-state index contributed by atoms with van der Waals surface area (Å²) in [4.78, 5) is 52.6. The third-order valence-corrected chi connectivity index (χ3v) is 6.05.